The van der Waals surface area contributed by atoms with E-state index in [2.05, 4.69) is 21.0 Å². The Morgan fingerprint density at radius 3 is 2.68 bits per heavy atom. The first-order valence-electron chi connectivity index (χ1n) is 11.8. The van der Waals surface area contributed by atoms with Gasteiger partial charge in [-0.1, -0.05) is 0 Å². The Bertz CT molecular complexity index is 1650. The number of aromatic hydroxyl groups is 2. The van der Waals surface area contributed by atoms with Gasteiger partial charge >= 0.3 is 6.18 Å². The molecule has 4 aromatic rings. The van der Waals surface area contributed by atoms with E-state index < -0.39 is 23.1 Å². The van der Waals surface area contributed by atoms with E-state index in [1.165, 1.54) is 4.57 Å². The van der Waals surface area contributed by atoms with Crippen LogP contribution in [0.3, 0.4) is 0 Å². The van der Waals surface area contributed by atoms with Crippen LogP contribution in [0.1, 0.15) is 48.6 Å². The van der Waals surface area contributed by atoms with Gasteiger partial charge in [0.15, 0.2) is 5.69 Å². The van der Waals surface area contributed by atoms with Gasteiger partial charge in [-0.05, 0) is 44.0 Å². The van der Waals surface area contributed by atoms with Crippen molar-refractivity contribution in [3.05, 3.63) is 65.2 Å². The zero-order valence-electron chi connectivity index (χ0n) is 20.0. The van der Waals surface area contributed by atoms with Gasteiger partial charge in [-0.3, -0.25) is 9.55 Å². The molecule has 38 heavy (non-hydrogen) atoms. The van der Waals surface area contributed by atoms with Gasteiger partial charge in [-0.2, -0.15) is 18.4 Å². The van der Waals surface area contributed by atoms with Crippen molar-refractivity contribution in [3.8, 4) is 29.4 Å². The molecule has 9 nitrogen and oxygen atoms in total. The summed E-state index contributed by atoms with van der Waals surface area (Å²) in [5, 5.41) is 32.9. The Hall–Kier alpha value is -4.37. The Balaban J connectivity index is 1.38. The summed E-state index contributed by atoms with van der Waals surface area (Å²) < 4.78 is 52.2. The minimum absolute atomic E-state index is 0.0566. The number of alkyl halides is 3. The lowest BCUT2D eigenvalue weighted by Gasteiger charge is -2.26. The number of rotatable bonds is 5. The molecule has 0 saturated carbocycles. The second-order valence-electron chi connectivity index (χ2n) is 9.54. The van der Waals surface area contributed by atoms with E-state index in [9.17, 15) is 28.6 Å². The van der Waals surface area contributed by atoms with Crippen LogP contribution in [-0.2, 0) is 22.1 Å². The first kappa shape index (κ1) is 24.0. The highest BCUT2D eigenvalue weighted by molar-refractivity contribution is 5.92. The molecule has 2 N–H and O–H groups in total. The molecule has 0 unspecified atom stereocenters. The van der Waals surface area contributed by atoms with Crippen molar-refractivity contribution >= 4 is 10.9 Å². The number of aromatic nitrogens is 4. The van der Waals surface area contributed by atoms with Crippen LogP contribution in [0.2, 0.25) is 0 Å². The third-order valence-electron chi connectivity index (χ3n) is 7.33. The molecular weight excluding hydrogens is 503 g/mol. The van der Waals surface area contributed by atoms with E-state index in [1.807, 2.05) is 6.92 Å². The van der Waals surface area contributed by atoms with Crippen molar-refractivity contribution in [2.24, 2.45) is 0 Å². The van der Waals surface area contributed by atoms with Crippen molar-refractivity contribution in [2.75, 3.05) is 6.61 Å². The monoisotopic (exact) mass is 523 g/mol. The highest BCUT2D eigenvalue weighted by Gasteiger charge is 2.61. The van der Waals surface area contributed by atoms with Crippen LogP contribution < -0.4 is 4.74 Å². The fourth-order valence-electron chi connectivity index (χ4n) is 5.67. The fraction of sp³-hybridized carbons (Fsp3) is 0.308. The molecule has 0 radical (unpaired) electrons. The van der Waals surface area contributed by atoms with Crippen molar-refractivity contribution in [2.45, 2.75) is 43.6 Å². The smallest absolute Gasteiger partial charge is 0.433 e. The third kappa shape index (κ3) is 3.39. The molecule has 12 heteroatoms. The number of nitrogens with zero attached hydrogens (tertiary/aromatic N) is 5. The standard InChI is InChI=1S/C26H20F3N5O4/c1-24-6-7-25(38-24,8-10-37-18-11-17(26(27,28)29)32-13-33-18)20-19(24)22(35)34(23(20)36)16-5-4-14(12-30)21-15(16)3-2-9-31-21/h2-5,9,11,13,35-36H,6-8,10H2,1H3/t24-,25-/m1/s1. The van der Waals surface area contributed by atoms with E-state index in [0.717, 1.165) is 12.4 Å². The Labute approximate surface area is 213 Å². The lowest BCUT2D eigenvalue weighted by atomic mass is 9.78. The van der Waals surface area contributed by atoms with Gasteiger partial charge in [0.2, 0.25) is 17.6 Å². The first-order valence-corrected chi connectivity index (χ1v) is 11.8. The van der Waals surface area contributed by atoms with Gasteiger partial charge < -0.3 is 19.7 Å². The van der Waals surface area contributed by atoms with Crippen molar-refractivity contribution in [1.29, 1.82) is 5.26 Å². The molecule has 0 amide bonds. The Kier molecular flexibility index (Phi) is 5.09. The van der Waals surface area contributed by atoms with Crippen molar-refractivity contribution in [1.82, 2.24) is 19.5 Å². The molecule has 0 spiro atoms. The summed E-state index contributed by atoms with van der Waals surface area (Å²) in [5.74, 6) is -0.649. The van der Waals surface area contributed by atoms with E-state index >= 15 is 0 Å². The highest BCUT2D eigenvalue weighted by Crippen LogP contribution is 2.65. The van der Waals surface area contributed by atoms with Gasteiger partial charge in [0.1, 0.15) is 18.0 Å². The topological polar surface area (TPSA) is 126 Å². The molecule has 5 heterocycles. The summed E-state index contributed by atoms with van der Waals surface area (Å²) in [4.78, 5) is 11.3. The summed E-state index contributed by atoms with van der Waals surface area (Å²) >= 11 is 0. The molecule has 1 fully saturated rings. The van der Waals surface area contributed by atoms with Crippen LogP contribution in [-0.4, -0.2) is 36.3 Å². The van der Waals surface area contributed by atoms with Crippen LogP contribution in [0.15, 0.2) is 42.9 Å². The maximum absolute atomic E-state index is 13.0. The molecule has 194 valence electrons. The SMILES string of the molecule is C[C@]12CC[C@](CCOc3cc(C(F)(F)F)ncn3)(O1)c1c2c(O)n(-c2ccc(C#N)c3ncccc23)c1O. The number of fused-ring (bicyclic) bond motifs is 6. The molecular formula is C26H20F3N5O4. The highest BCUT2D eigenvalue weighted by atomic mass is 19.4. The number of nitriles is 1. The molecule has 2 atom stereocenters. The molecule has 0 aliphatic carbocycles. The molecule has 2 bridgehead atoms. The third-order valence-corrected chi connectivity index (χ3v) is 7.33. The van der Waals surface area contributed by atoms with Crippen molar-refractivity contribution in [3.63, 3.8) is 0 Å². The predicted octanol–water partition coefficient (Wildman–Crippen LogP) is 4.82. The molecule has 2 aliphatic rings. The average Bonchev–Trinajstić information content (AvgIpc) is 3.47. The maximum Gasteiger partial charge on any atom is 0.433 e. The van der Waals surface area contributed by atoms with Gasteiger partial charge in [0.05, 0.1) is 40.1 Å². The van der Waals surface area contributed by atoms with Crippen LogP contribution in [0, 0.1) is 11.3 Å². The minimum Gasteiger partial charge on any atom is -0.494 e. The van der Waals surface area contributed by atoms with Crippen LogP contribution in [0.25, 0.3) is 16.6 Å². The van der Waals surface area contributed by atoms with E-state index in [1.54, 1.807) is 30.5 Å². The summed E-state index contributed by atoms with van der Waals surface area (Å²) in [6.07, 6.45) is -1.04. The minimum atomic E-state index is -4.63. The molecule has 6 rings (SSSR count). The first-order chi connectivity index (χ1) is 18.1. The normalized spacial score (nSPS) is 22.0. The lowest BCUT2D eigenvalue weighted by molar-refractivity contribution is -0.141. The summed E-state index contributed by atoms with van der Waals surface area (Å²) in [7, 11) is 0. The Morgan fingerprint density at radius 2 is 1.92 bits per heavy atom. The van der Waals surface area contributed by atoms with Gasteiger partial charge in [0, 0.05) is 24.1 Å². The summed E-state index contributed by atoms with van der Waals surface area (Å²) in [5.41, 5.74) is -0.957. The molecule has 3 aromatic heterocycles. The quantitative estimate of drug-likeness (QED) is 0.381. The zero-order chi connectivity index (χ0) is 26.9. The number of benzene rings is 1. The predicted molar refractivity (Wildman–Crippen MR) is 126 cm³/mol. The van der Waals surface area contributed by atoms with Gasteiger partial charge in [0.25, 0.3) is 0 Å². The molecule has 1 saturated heterocycles. The van der Waals surface area contributed by atoms with Crippen LogP contribution in [0.4, 0.5) is 13.2 Å². The second kappa shape index (κ2) is 8.06. The molecule has 2 aliphatic heterocycles. The zero-order valence-corrected chi connectivity index (χ0v) is 20.0. The molecule has 1 aromatic carbocycles. The fourth-order valence-corrected chi connectivity index (χ4v) is 5.67. The van der Waals surface area contributed by atoms with Crippen LogP contribution in [0.5, 0.6) is 17.6 Å². The van der Waals surface area contributed by atoms with E-state index in [-0.39, 0.29) is 30.7 Å². The van der Waals surface area contributed by atoms with E-state index in [4.69, 9.17) is 9.47 Å². The summed E-state index contributed by atoms with van der Waals surface area (Å²) in [6, 6.07) is 9.47. The second-order valence-corrected chi connectivity index (χ2v) is 9.54. The number of ether oxygens (including phenoxy) is 2. The van der Waals surface area contributed by atoms with Crippen LogP contribution >= 0.6 is 0 Å². The van der Waals surface area contributed by atoms with Gasteiger partial charge in [-0.15, -0.1) is 0 Å². The average molecular weight is 523 g/mol. The largest absolute Gasteiger partial charge is 0.494 e. The van der Waals surface area contributed by atoms with E-state index in [0.29, 0.717) is 46.1 Å². The number of halogens is 3. The maximum atomic E-state index is 13.0. The Morgan fingerprint density at radius 1 is 1.13 bits per heavy atom. The van der Waals surface area contributed by atoms with Crippen molar-refractivity contribution < 1.29 is 32.9 Å². The number of pyridine rings is 1. The number of hydrogen-bond acceptors (Lipinski definition) is 8. The summed E-state index contributed by atoms with van der Waals surface area (Å²) in [6.45, 7) is 1.77. The lowest BCUT2D eigenvalue weighted by Crippen LogP contribution is -2.25. The number of hydrogen-bond donors (Lipinski definition) is 2. The van der Waals surface area contributed by atoms with Gasteiger partial charge in [-0.25, -0.2) is 9.97 Å².